The molecule has 1 N–H and O–H groups in total. The third-order valence-electron chi connectivity index (χ3n) is 7.63. The van der Waals surface area contributed by atoms with Gasteiger partial charge in [0.2, 0.25) is 5.91 Å². The molecule has 2 heterocycles. The zero-order chi connectivity index (χ0) is 25.8. The minimum atomic E-state index is -0.153. The average Bonchev–Trinajstić information content (AvgIpc) is 3.41. The fourth-order valence-electron chi connectivity index (χ4n) is 5.49. The molecule has 0 aliphatic carbocycles. The van der Waals surface area contributed by atoms with Crippen LogP contribution in [-0.2, 0) is 11.3 Å². The highest BCUT2D eigenvalue weighted by atomic mass is 16.2. The molecule has 37 heavy (non-hydrogen) atoms. The summed E-state index contributed by atoms with van der Waals surface area (Å²) in [6, 6.07) is 24.8. The Morgan fingerprint density at radius 3 is 2.70 bits per heavy atom. The van der Waals surface area contributed by atoms with Crippen molar-refractivity contribution in [2.24, 2.45) is 5.92 Å². The molecule has 1 aliphatic rings. The molecule has 6 nitrogen and oxygen atoms in total. The van der Waals surface area contributed by atoms with Gasteiger partial charge in [0.05, 0.1) is 41.8 Å². The molecule has 5 rings (SSSR count). The zero-order valence-electron chi connectivity index (χ0n) is 21.5. The molecule has 1 amide bonds. The van der Waals surface area contributed by atoms with Crippen LogP contribution in [-0.4, -0.2) is 33.4 Å². The highest BCUT2D eigenvalue weighted by Crippen LogP contribution is 2.31. The Morgan fingerprint density at radius 2 is 1.89 bits per heavy atom. The summed E-state index contributed by atoms with van der Waals surface area (Å²) >= 11 is 0. The molecule has 4 aromatic rings. The lowest BCUT2D eigenvalue weighted by Crippen LogP contribution is -2.44. The molecule has 6 heteroatoms. The maximum Gasteiger partial charge on any atom is 0.224 e. The molecular weight excluding hydrogens is 458 g/mol. The number of piperidine rings is 1. The molecule has 1 saturated heterocycles. The van der Waals surface area contributed by atoms with Crippen LogP contribution in [0.1, 0.15) is 61.2 Å². The lowest BCUT2D eigenvalue weighted by atomic mass is 9.92. The van der Waals surface area contributed by atoms with Crippen LogP contribution in [0.25, 0.3) is 10.8 Å². The zero-order valence-corrected chi connectivity index (χ0v) is 21.5. The van der Waals surface area contributed by atoms with Crippen molar-refractivity contribution >= 4 is 16.7 Å². The number of nitrogens with one attached hydrogen (secondary N) is 1. The van der Waals surface area contributed by atoms with E-state index >= 15 is 0 Å². The number of hydrogen-bond donors (Lipinski definition) is 1. The van der Waals surface area contributed by atoms with Gasteiger partial charge in [0, 0.05) is 19.1 Å². The van der Waals surface area contributed by atoms with Gasteiger partial charge in [0.15, 0.2) is 0 Å². The van der Waals surface area contributed by atoms with E-state index in [2.05, 4.69) is 75.2 Å². The number of carbonyl (C=O) groups is 1. The number of aromatic nitrogens is 2. The topological polar surface area (TPSA) is 74.0 Å². The molecule has 1 aromatic heterocycles. The highest BCUT2D eigenvalue weighted by molar-refractivity contribution is 5.86. The second kappa shape index (κ2) is 11.0. The van der Waals surface area contributed by atoms with E-state index in [1.54, 1.807) is 6.33 Å². The fourth-order valence-corrected chi connectivity index (χ4v) is 5.49. The van der Waals surface area contributed by atoms with Crippen molar-refractivity contribution in [1.82, 2.24) is 19.8 Å². The van der Waals surface area contributed by atoms with Crippen LogP contribution in [0.3, 0.4) is 0 Å². The lowest BCUT2D eigenvalue weighted by Gasteiger charge is -2.37. The molecule has 0 bridgehead atoms. The Balaban J connectivity index is 1.24. The van der Waals surface area contributed by atoms with E-state index < -0.39 is 0 Å². The number of fused-ring (bicyclic) bond motifs is 1. The predicted molar refractivity (Wildman–Crippen MR) is 146 cm³/mol. The summed E-state index contributed by atoms with van der Waals surface area (Å²) in [5.74, 6) is 0.0666. The van der Waals surface area contributed by atoms with Gasteiger partial charge >= 0.3 is 0 Å². The monoisotopic (exact) mass is 491 g/mol. The van der Waals surface area contributed by atoms with Crippen LogP contribution in [0.2, 0.25) is 0 Å². The van der Waals surface area contributed by atoms with Crippen molar-refractivity contribution < 1.29 is 4.79 Å². The molecule has 3 aromatic carbocycles. The molecular formula is C31H33N5O. The van der Waals surface area contributed by atoms with Gasteiger partial charge in [0.25, 0.3) is 0 Å². The van der Waals surface area contributed by atoms with Gasteiger partial charge in [-0.1, -0.05) is 54.6 Å². The first-order valence-corrected chi connectivity index (χ1v) is 13.0. The van der Waals surface area contributed by atoms with Gasteiger partial charge < -0.3 is 9.88 Å². The van der Waals surface area contributed by atoms with E-state index in [0.717, 1.165) is 37.2 Å². The normalized spacial score (nSPS) is 17.7. The third kappa shape index (κ3) is 5.42. The van der Waals surface area contributed by atoms with Gasteiger partial charge in [-0.25, -0.2) is 4.98 Å². The second-order valence-corrected chi connectivity index (χ2v) is 10.1. The summed E-state index contributed by atoms with van der Waals surface area (Å²) in [5, 5.41) is 14.8. The van der Waals surface area contributed by atoms with Crippen LogP contribution in [0, 0.1) is 17.2 Å². The van der Waals surface area contributed by atoms with Crippen LogP contribution >= 0.6 is 0 Å². The minimum absolute atomic E-state index is 0.0384. The first-order valence-electron chi connectivity index (χ1n) is 13.0. The van der Waals surface area contributed by atoms with E-state index in [-0.39, 0.29) is 23.9 Å². The highest BCUT2D eigenvalue weighted by Gasteiger charge is 2.30. The molecule has 1 fully saturated rings. The molecule has 2 unspecified atom stereocenters. The summed E-state index contributed by atoms with van der Waals surface area (Å²) in [7, 11) is 0. The summed E-state index contributed by atoms with van der Waals surface area (Å²) in [6.07, 6.45) is 5.54. The Labute approximate surface area is 218 Å². The smallest absolute Gasteiger partial charge is 0.224 e. The number of likely N-dealkylation sites (tertiary alicyclic amines) is 1. The largest absolute Gasteiger partial charge is 0.348 e. The maximum atomic E-state index is 13.4. The number of nitrogens with zero attached hydrogens (tertiary/aromatic N) is 4. The van der Waals surface area contributed by atoms with Crippen LogP contribution in [0.5, 0.6) is 0 Å². The lowest BCUT2D eigenvalue weighted by molar-refractivity contribution is -0.127. The molecule has 0 saturated carbocycles. The van der Waals surface area contributed by atoms with Gasteiger partial charge in [-0.3, -0.25) is 9.69 Å². The third-order valence-corrected chi connectivity index (χ3v) is 7.63. The molecule has 0 spiro atoms. The van der Waals surface area contributed by atoms with Crippen molar-refractivity contribution in [2.45, 2.75) is 45.3 Å². The first-order chi connectivity index (χ1) is 18.0. The van der Waals surface area contributed by atoms with E-state index in [1.165, 1.54) is 16.3 Å². The summed E-state index contributed by atoms with van der Waals surface area (Å²) < 4.78 is 2.06. The molecule has 3 atom stereocenters. The fraction of sp³-hybridized carbons (Fsp3) is 0.323. The van der Waals surface area contributed by atoms with Gasteiger partial charge in [-0.2, -0.15) is 5.26 Å². The quantitative estimate of drug-likeness (QED) is 0.365. The number of carbonyl (C=O) groups excluding carboxylic acids is 1. The summed E-state index contributed by atoms with van der Waals surface area (Å²) in [5.41, 5.74) is 4.02. The standard InChI is InChI=1S/C31H33N5O/c1-22(30-18-33-21-36(30)19-25-14-12-24(17-32)13-15-25)34-31(37)27-9-6-16-35(20-27)23(2)28-11-5-8-26-7-3-4-10-29(26)28/h3-5,7-8,10-15,18,21-23,27H,6,9,16,19-20H2,1-2H3,(H,34,37)/t22-,23?,27?/m0/s1. The van der Waals surface area contributed by atoms with Crippen molar-refractivity contribution in [2.75, 3.05) is 13.1 Å². The van der Waals surface area contributed by atoms with Crippen molar-refractivity contribution in [3.63, 3.8) is 0 Å². The van der Waals surface area contributed by atoms with Gasteiger partial charge in [-0.15, -0.1) is 0 Å². The molecule has 188 valence electrons. The average molecular weight is 492 g/mol. The minimum Gasteiger partial charge on any atom is -0.348 e. The Morgan fingerprint density at radius 1 is 1.11 bits per heavy atom. The Bertz CT molecular complexity index is 1410. The van der Waals surface area contributed by atoms with Crippen LogP contribution in [0.4, 0.5) is 0 Å². The number of imidazole rings is 1. The number of amides is 1. The first kappa shape index (κ1) is 24.7. The Hall–Kier alpha value is -3.95. The Kier molecular flexibility index (Phi) is 7.34. The number of benzene rings is 3. The SMILES string of the molecule is CC(c1cccc2ccccc12)N1CCCC(C(=O)N[C@@H](C)c2cncn2Cc2ccc(C#N)cc2)C1. The van der Waals surface area contributed by atoms with E-state index in [4.69, 9.17) is 5.26 Å². The van der Waals surface area contributed by atoms with Crippen LogP contribution < -0.4 is 5.32 Å². The van der Waals surface area contributed by atoms with E-state index in [0.29, 0.717) is 12.1 Å². The summed E-state index contributed by atoms with van der Waals surface area (Å²) in [4.78, 5) is 20.2. The second-order valence-electron chi connectivity index (χ2n) is 10.1. The summed E-state index contributed by atoms with van der Waals surface area (Å²) in [6.45, 7) is 6.67. The number of hydrogen-bond acceptors (Lipinski definition) is 4. The van der Waals surface area contributed by atoms with E-state index in [1.807, 2.05) is 37.4 Å². The van der Waals surface area contributed by atoms with Crippen LogP contribution in [0.15, 0.2) is 79.3 Å². The van der Waals surface area contributed by atoms with E-state index in [9.17, 15) is 4.79 Å². The number of nitriles is 1. The van der Waals surface area contributed by atoms with Gasteiger partial charge in [0.1, 0.15) is 0 Å². The number of rotatable bonds is 7. The molecule has 1 aliphatic heterocycles. The molecule has 0 radical (unpaired) electrons. The van der Waals surface area contributed by atoms with Crippen molar-refractivity contribution in [1.29, 1.82) is 5.26 Å². The maximum absolute atomic E-state index is 13.4. The van der Waals surface area contributed by atoms with Gasteiger partial charge in [-0.05, 0) is 67.3 Å². The predicted octanol–water partition coefficient (Wildman–Crippen LogP) is 5.61. The van der Waals surface area contributed by atoms with Crippen molar-refractivity contribution in [3.05, 3.63) is 102 Å². The van der Waals surface area contributed by atoms with Crippen molar-refractivity contribution in [3.8, 4) is 6.07 Å².